The molecule has 9 aromatic rings. The first-order valence-corrected chi connectivity index (χ1v) is 17.8. The molecule has 1 atom stereocenters. The van der Waals surface area contributed by atoms with E-state index in [-0.39, 0.29) is 0 Å². The summed E-state index contributed by atoms with van der Waals surface area (Å²) in [5.74, 6) is 0.403. The molecule has 0 amide bonds. The van der Waals surface area contributed by atoms with Crippen molar-refractivity contribution in [1.82, 2.24) is 4.57 Å². The highest BCUT2D eigenvalue weighted by molar-refractivity contribution is 6.07. The van der Waals surface area contributed by atoms with Crippen LogP contribution >= 0.6 is 0 Å². The third-order valence-electron chi connectivity index (χ3n) is 10.7. The second kappa shape index (κ2) is 11.9. The largest absolute Gasteiger partial charge is 0.456 e. The Bertz CT molecular complexity index is 2780. The molecular weight excluding hydrogens is 619 g/mol. The van der Waals surface area contributed by atoms with Gasteiger partial charge in [0.15, 0.2) is 0 Å². The van der Waals surface area contributed by atoms with Crippen LogP contribution in [0.15, 0.2) is 174 Å². The number of rotatable bonds is 5. The summed E-state index contributed by atoms with van der Waals surface area (Å²) in [6.45, 7) is 2.35. The number of nitrogens with zero attached hydrogens (tertiary/aromatic N) is 1. The number of hydrogen-bond acceptors (Lipinski definition) is 1. The minimum atomic E-state index is 0.403. The Balaban J connectivity index is 1.07. The number of benzene rings is 7. The summed E-state index contributed by atoms with van der Waals surface area (Å²) < 4.78 is 8.91. The second-order valence-electron chi connectivity index (χ2n) is 13.8. The number of furan rings is 1. The summed E-state index contributed by atoms with van der Waals surface area (Å²) in [6, 6.07) is 61.2. The van der Waals surface area contributed by atoms with E-state index in [9.17, 15) is 0 Å². The van der Waals surface area contributed by atoms with Crippen LogP contribution in [0.3, 0.4) is 0 Å². The van der Waals surface area contributed by atoms with Crippen molar-refractivity contribution in [3.63, 3.8) is 0 Å². The Labute approximate surface area is 297 Å². The van der Waals surface area contributed by atoms with E-state index in [4.69, 9.17) is 4.42 Å². The van der Waals surface area contributed by atoms with Gasteiger partial charge in [-0.1, -0.05) is 128 Å². The highest BCUT2D eigenvalue weighted by Gasteiger charge is 2.26. The molecule has 2 heterocycles. The molecule has 0 aliphatic heterocycles. The van der Waals surface area contributed by atoms with Gasteiger partial charge in [0, 0.05) is 33.1 Å². The number of para-hydroxylation sites is 1. The summed E-state index contributed by atoms with van der Waals surface area (Å²) in [5.41, 5.74) is 16.8. The average Bonchev–Trinajstić information content (AvgIpc) is 3.72. The van der Waals surface area contributed by atoms with Crippen LogP contribution in [0.1, 0.15) is 23.7 Å². The molecule has 0 N–H and O–H groups in total. The molecule has 0 saturated carbocycles. The lowest BCUT2D eigenvalue weighted by molar-refractivity contribution is 0.668. The standard InChI is InChI=1S/C49H35NO/c1-32-26-47-43(31-42(32)34-14-6-3-7-15-34)41-20-8-9-21-46(41)50(47)40-23-25-49-45(30-40)44-29-39(22-24-48(44)51-49)38-19-11-18-37(28-38)36-17-10-16-35(27-36)33-12-4-2-5-13-33/h2-25,27-32H,26H2,1H3. The SMILES string of the molecule is CC1Cc2c(c3ccccc3n2-c2ccc3oc4ccc(-c5cccc(-c6cccc(-c7ccccc7)c6)c5)cc4c3c2)C=C1c1ccccc1. The van der Waals surface area contributed by atoms with Gasteiger partial charge in [-0.2, -0.15) is 0 Å². The predicted octanol–water partition coefficient (Wildman–Crippen LogP) is 13.3. The molecule has 1 unspecified atom stereocenters. The fourth-order valence-electron chi connectivity index (χ4n) is 8.14. The molecule has 0 spiro atoms. The zero-order chi connectivity index (χ0) is 33.9. The Hall–Kier alpha value is -6.38. The highest BCUT2D eigenvalue weighted by atomic mass is 16.3. The van der Waals surface area contributed by atoms with Crippen LogP contribution in [0.5, 0.6) is 0 Å². The van der Waals surface area contributed by atoms with E-state index < -0.39 is 0 Å². The normalized spacial score (nSPS) is 14.2. The lowest BCUT2D eigenvalue weighted by Gasteiger charge is -2.23. The van der Waals surface area contributed by atoms with Crippen molar-refractivity contribution in [1.29, 1.82) is 0 Å². The third kappa shape index (κ3) is 5.03. The summed E-state index contributed by atoms with van der Waals surface area (Å²) in [4.78, 5) is 0. The number of fused-ring (bicyclic) bond motifs is 6. The lowest BCUT2D eigenvalue weighted by atomic mass is 9.83. The second-order valence-corrected chi connectivity index (χ2v) is 13.8. The van der Waals surface area contributed by atoms with Crippen LogP contribution in [0.2, 0.25) is 0 Å². The summed E-state index contributed by atoms with van der Waals surface area (Å²) in [7, 11) is 0. The topological polar surface area (TPSA) is 18.1 Å². The van der Waals surface area contributed by atoms with Crippen molar-refractivity contribution in [2.45, 2.75) is 13.3 Å². The molecule has 0 radical (unpaired) electrons. The third-order valence-corrected chi connectivity index (χ3v) is 10.7. The first kappa shape index (κ1) is 29.5. The average molecular weight is 654 g/mol. The number of hydrogen-bond donors (Lipinski definition) is 0. The molecule has 2 heteroatoms. The Morgan fingerprint density at radius 2 is 1.02 bits per heavy atom. The zero-order valence-electron chi connectivity index (χ0n) is 28.4. The van der Waals surface area contributed by atoms with E-state index >= 15 is 0 Å². The molecular formula is C49H35NO. The minimum absolute atomic E-state index is 0.403. The molecule has 7 aromatic carbocycles. The maximum absolute atomic E-state index is 6.43. The van der Waals surface area contributed by atoms with E-state index in [1.54, 1.807) is 0 Å². The summed E-state index contributed by atoms with van der Waals surface area (Å²) >= 11 is 0. The molecule has 1 aliphatic rings. The van der Waals surface area contributed by atoms with Gasteiger partial charge in [0.25, 0.3) is 0 Å². The molecule has 2 aromatic heterocycles. The smallest absolute Gasteiger partial charge is 0.135 e. The number of aromatic nitrogens is 1. The molecule has 2 nitrogen and oxygen atoms in total. The minimum Gasteiger partial charge on any atom is -0.456 e. The Morgan fingerprint density at radius 3 is 1.73 bits per heavy atom. The lowest BCUT2D eigenvalue weighted by Crippen LogP contribution is -2.12. The van der Waals surface area contributed by atoms with Gasteiger partial charge >= 0.3 is 0 Å². The summed E-state index contributed by atoms with van der Waals surface area (Å²) in [6.07, 6.45) is 3.41. The molecule has 51 heavy (non-hydrogen) atoms. The van der Waals surface area contributed by atoms with Crippen LogP contribution in [-0.2, 0) is 6.42 Å². The van der Waals surface area contributed by atoms with Gasteiger partial charge in [-0.3, -0.25) is 0 Å². The Kier molecular flexibility index (Phi) is 6.89. The first-order chi connectivity index (χ1) is 25.2. The van der Waals surface area contributed by atoms with E-state index in [1.165, 1.54) is 66.7 Å². The van der Waals surface area contributed by atoms with E-state index in [2.05, 4.69) is 187 Å². The molecule has 0 bridgehead atoms. The molecule has 242 valence electrons. The van der Waals surface area contributed by atoms with Crippen LogP contribution in [0.4, 0.5) is 0 Å². The molecule has 0 saturated heterocycles. The van der Waals surface area contributed by atoms with E-state index in [1.807, 2.05) is 0 Å². The van der Waals surface area contributed by atoms with Crippen LogP contribution in [0.25, 0.3) is 83.6 Å². The zero-order valence-corrected chi connectivity index (χ0v) is 28.4. The van der Waals surface area contributed by atoms with Gasteiger partial charge in [0.1, 0.15) is 11.2 Å². The van der Waals surface area contributed by atoms with Crippen LogP contribution in [0, 0.1) is 5.92 Å². The van der Waals surface area contributed by atoms with E-state index in [0.717, 1.165) is 34.0 Å². The van der Waals surface area contributed by atoms with Crippen molar-refractivity contribution < 1.29 is 4.42 Å². The highest BCUT2D eigenvalue weighted by Crippen LogP contribution is 2.42. The quantitative estimate of drug-likeness (QED) is 0.181. The first-order valence-electron chi connectivity index (χ1n) is 17.8. The molecule has 10 rings (SSSR count). The fourth-order valence-corrected chi connectivity index (χ4v) is 8.14. The molecule has 1 aliphatic carbocycles. The van der Waals surface area contributed by atoms with Gasteiger partial charge in [-0.25, -0.2) is 0 Å². The Morgan fingerprint density at radius 1 is 0.471 bits per heavy atom. The monoisotopic (exact) mass is 653 g/mol. The van der Waals surface area contributed by atoms with E-state index in [0.29, 0.717) is 5.92 Å². The van der Waals surface area contributed by atoms with Crippen molar-refractivity contribution in [2.75, 3.05) is 0 Å². The number of allylic oxidation sites excluding steroid dienone is 1. The van der Waals surface area contributed by atoms with Crippen molar-refractivity contribution in [3.8, 4) is 39.1 Å². The maximum Gasteiger partial charge on any atom is 0.135 e. The molecule has 0 fully saturated rings. The van der Waals surface area contributed by atoms with Gasteiger partial charge in [-0.15, -0.1) is 0 Å². The maximum atomic E-state index is 6.43. The van der Waals surface area contributed by atoms with Gasteiger partial charge in [-0.05, 0) is 111 Å². The summed E-state index contributed by atoms with van der Waals surface area (Å²) in [5, 5.41) is 3.55. The van der Waals surface area contributed by atoms with Crippen LogP contribution < -0.4 is 0 Å². The van der Waals surface area contributed by atoms with Crippen molar-refractivity contribution in [2.24, 2.45) is 5.92 Å². The van der Waals surface area contributed by atoms with Gasteiger partial charge in [0.05, 0.1) is 5.52 Å². The van der Waals surface area contributed by atoms with Gasteiger partial charge in [0.2, 0.25) is 0 Å². The van der Waals surface area contributed by atoms with Crippen molar-refractivity contribution in [3.05, 3.63) is 187 Å². The fraction of sp³-hybridized carbons (Fsp3) is 0.0612. The predicted molar refractivity (Wildman–Crippen MR) is 214 cm³/mol. The van der Waals surface area contributed by atoms with Crippen molar-refractivity contribution >= 4 is 44.5 Å². The van der Waals surface area contributed by atoms with Crippen LogP contribution in [-0.4, -0.2) is 4.57 Å². The van der Waals surface area contributed by atoms with Gasteiger partial charge < -0.3 is 8.98 Å².